The number of amides is 1. The fourth-order valence-electron chi connectivity index (χ4n) is 2.77. The highest BCUT2D eigenvalue weighted by molar-refractivity contribution is 5.67. The van der Waals surface area contributed by atoms with Gasteiger partial charge in [-0.25, -0.2) is 4.79 Å². The third kappa shape index (κ3) is 3.60. The molecular formula is C13H24N2O2. The van der Waals surface area contributed by atoms with E-state index in [4.69, 9.17) is 10.5 Å². The highest BCUT2D eigenvalue weighted by Gasteiger charge is 2.30. The second-order valence-electron chi connectivity index (χ2n) is 5.53. The zero-order valence-corrected chi connectivity index (χ0v) is 10.6. The van der Waals surface area contributed by atoms with Crippen LogP contribution >= 0.6 is 0 Å². The van der Waals surface area contributed by atoms with Crippen molar-refractivity contribution in [3.63, 3.8) is 0 Å². The van der Waals surface area contributed by atoms with Gasteiger partial charge in [0.2, 0.25) is 0 Å². The lowest BCUT2D eigenvalue weighted by atomic mass is 9.83. The molecule has 2 N–H and O–H groups in total. The standard InChI is InChI=1S/C13H24N2O2/c14-13(7-3-1-4-8-13)11-17-12(16)15-9-5-2-6-10-15/h1-11,14H2. The molecular weight excluding hydrogens is 216 g/mol. The number of hydrogen-bond acceptors (Lipinski definition) is 3. The van der Waals surface area contributed by atoms with Crippen molar-refractivity contribution in [1.29, 1.82) is 0 Å². The molecule has 0 radical (unpaired) electrons. The van der Waals surface area contributed by atoms with Crippen molar-refractivity contribution in [3.05, 3.63) is 0 Å². The minimum absolute atomic E-state index is 0.167. The number of carbonyl (C=O) groups excluding carboxylic acids is 1. The summed E-state index contributed by atoms with van der Waals surface area (Å²) in [4.78, 5) is 13.6. The van der Waals surface area contributed by atoms with Crippen molar-refractivity contribution < 1.29 is 9.53 Å². The summed E-state index contributed by atoms with van der Waals surface area (Å²) in [6.45, 7) is 2.08. The predicted molar refractivity (Wildman–Crippen MR) is 66.8 cm³/mol. The Morgan fingerprint density at radius 1 is 1.06 bits per heavy atom. The first-order valence-corrected chi connectivity index (χ1v) is 6.90. The van der Waals surface area contributed by atoms with Crippen molar-refractivity contribution in [2.24, 2.45) is 5.73 Å². The third-order valence-corrected chi connectivity index (χ3v) is 3.95. The minimum Gasteiger partial charge on any atom is -0.447 e. The number of piperidine rings is 1. The average Bonchev–Trinajstić information content (AvgIpc) is 2.38. The highest BCUT2D eigenvalue weighted by Crippen LogP contribution is 2.26. The Hall–Kier alpha value is -0.770. The van der Waals surface area contributed by atoms with Crippen LogP contribution in [0.15, 0.2) is 0 Å². The van der Waals surface area contributed by atoms with E-state index >= 15 is 0 Å². The van der Waals surface area contributed by atoms with Gasteiger partial charge in [0.1, 0.15) is 6.61 Å². The maximum Gasteiger partial charge on any atom is 0.409 e. The van der Waals surface area contributed by atoms with E-state index in [1.807, 2.05) is 4.90 Å². The van der Waals surface area contributed by atoms with Crippen molar-refractivity contribution in [3.8, 4) is 0 Å². The van der Waals surface area contributed by atoms with Crippen LogP contribution in [0, 0.1) is 0 Å². The summed E-state index contributed by atoms with van der Waals surface area (Å²) in [5.74, 6) is 0. The molecule has 1 aliphatic carbocycles. The molecule has 1 saturated carbocycles. The Bertz CT molecular complexity index is 256. The van der Waals surface area contributed by atoms with Crippen LogP contribution < -0.4 is 5.73 Å². The number of carbonyl (C=O) groups is 1. The van der Waals surface area contributed by atoms with Gasteiger partial charge in [-0.1, -0.05) is 19.3 Å². The predicted octanol–water partition coefficient (Wildman–Crippen LogP) is 2.27. The van der Waals surface area contributed by atoms with Gasteiger partial charge >= 0.3 is 6.09 Å². The summed E-state index contributed by atoms with van der Waals surface area (Å²) in [5, 5.41) is 0. The molecule has 0 aromatic heterocycles. The van der Waals surface area contributed by atoms with E-state index < -0.39 is 0 Å². The molecule has 1 heterocycles. The maximum atomic E-state index is 11.8. The smallest absolute Gasteiger partial charge is 0.409 e. The molecule has 2 aliphatic rings. The lowest BCUT2D eigenvalue weighted by molar-refractivity contribution is 0.0655. The van der Waals surface area contributed by atoms with Crippen molar-refractivity contribution in [2.45, 2.75) is 56.9 Å². The molecule has 1 aliphatic heterocycles. The number of nitrogens with zero attached hydrogens (tertiary/aromatic N) is 1. The van der Waals surface area contributed by atoms with E-state index in [-0.39, 0.29) is 11.6 Å². The Morgan fingerprint density at radius 3 is 2.29 bits per heavy atom. The molecule has 0 aromatic rings. The molecule has 0 aromatic carbocycles. The Morgan fingerprint density at radius 2 is 1.65 bits per heavy atom. The molecule has 17 heavy (non-hydrogen) atoms. The number of hydrogen-bond donors (Lipinski definition) is 1. The van der Waals surface area contributed by atoms with Gasteiger partial charge < -0.3 is 15.4 Å². The molecule has 0 atom stereocenters. The van der Waals surface area contributed by atoms with Crippen LogP contribution in [-0.2, 0) is 4.74 Å². The third-order valence-electron chi connectivity index (χ3n) is 3.95. The zero-order chi connectivity index (χ0) is 12.1. The molecule has 0 bridgehead atoms. The van der Waals surface area contributed by atoms with Gasteiger partial charge in [0, 0.05) is 13.1 Å². The molecule has 4 nitrogen and oxygen atoms in total. The Kier molecular flexibility index (Phi) is 4.26. The summed E-state index contributed by atoms with van der Waals surface area (Å²) >= 11 is 0. The van der Waals surface area contributed by atoms with E-state index in [0.29, 0.717) is 6.61 Å². The van der Waals surface area contributed by atoms with Crippen LogP contribution in [-0.4, -0.2) is 36.2 Å². The monoisotopic (exact) mass is 240 g/mol. The average molecular weight is 240 g/mol. The first kappa shape index (κ1) is 12.7. The van der Waals surface area contributed by atoms with Gasteiger partial charge in [-0.2, -0.15) is 0 Å². The lowest BCUT2D eigenvalue weighted by Gasteiger charge is -2.34. The maximum absolute atomic E-state index is 11.8. The number of likely N-dealkylation sites (tertiary alicyclic amines) is 1. The Labute approximate surface area is 103 Å². The minimum atomic E-state index is -0.260. The van der Waals surface area contributed by atoms with Crippen molar-refractivity contribution in [1.82, 2.24) is 4.90 Å². The summed E-state index contributed by atoms with van der Waals surface area (Å²) in [7, 11) is 0. The normalized spacial score (nSPS) is 24.4. The number of rotatable bonds is 2. The molecule has 2 rings (SSSR count). The molecule has 4 heteroatoms. The number of ether oxygens (including phenoxy) is 1. The summed E-state index contributed by atoms with van der Waals surface area (Å²) in [6, 6.07) is 0. The van der Waals surface area contributed by atoms with Crippen LogP contribution in [0.4, 0.5) is 4.79 Å². The van der Waals surface area contributed by atoms with Gasteiger partial charge in [-0.15, -0.1) is 0 Å². The van der Waals surface area contributed by atoms with Gasteiger partial charge in [-0.3, -0.25) is 0 Å². The lowest BCUT2D eigenvalue weighted by Crippen LogP contribution is -2.48. The van der Waals surface area contributed by atoms with Gasteiger partial charge in [-0.05, 0) is 32.1 Å². The first-order chi connectivity index (χ1) is 8.20. The fraction of sp³-hybridized carbons (Fsp3) is 0.923. The number of nitrogens with two attached hydrogens (primary N) is 1. The molecule has 1 saturated heterocycles. The summed E-state index contributed by atoms with van der Waals surface area (Å²) in [5.41, 5.74) is 5.98. The van der Waals surface area contributed by atoms with E-state index in [1.165, 1.54) is 12.8 Å². The Balaban J connectivity index is 1.74. The van der Waals surface area contributed by atoms with E-state index in [2.05, 4.69) is 0 Å². The largest absolute Gasteiger partial charge is 0.447 e. The van der Waals surface area contributed by atoms with Crippen LogP contribution in [0.3, 0.4) is 0 Å². The first-order valence-electron chi connectivity index (χ1n) is 6.90. The van der Waals surface area contributed by atoms with Gasteiger partial charge in [0.25, 0.3) is 0 Å². The fourth-order valence-corrected chi connectivity index (χ4v) is 2.77. The van der Waals surface area contributed by atoms with Crippen molar-refractivity contribution >= 4 is 6.09 Å². The van der Waals surface area contributed by atoms with E-state index in [0.717, 1.165) is 51.6 Å². The zero-order valence-electron chi connectivity index (χ0n) is 10.6. The van der Waals surface area contributed by atoms with Crippen LogP contribution in [0.25, 0.3) is 0 Å². The molecule has 2 fully saturated rings. The second-order valence-corrected chi connectivity index (χ2v) is 5.53. The SMILES string of the molecule is NC1(COC(=O)N2CCCCC2)CCCCC1. The summed E-state index contributed by atoms with van der Waals surface area (Å²) < 4.78 is 5.39. The molecule has 1 amide bonds. The van der Waals surface area contributed by atoms with Crippen LogP contribution in [0.1, 0.15) is 51.4 Å². The molecule has 0 unspecified atom stereocenters. The topological polar surface area (TPSA) is 55.6 Å². The molecule has 0 spiro atoms. The van der Waals surface area contributed by atoms with E-state index in [1.54, 1.807) is 0 Å². The summed E-state index contributed by atoms with van der Waals surface area (Å²) in [6.07, 6.45) is 8.82. The van der Waals surface area contributed by atoms with Gasteiger partial charge in [0.15, 0.2) is 0 Å². The second kappa shape index (κ2) is 5.71. The molecule has 98 valence electrons. The quantitative estimate of drug-likeness (QED) is 0.805. The van der Waals surface area contributed by atoms with E-state index in [9.17, 15) is 4.79 Å². The highest BCUT2D eigenvalue weighted by atomic mass is 16.6. The van der Waals surface area contributed by atoms with Crippen molar-refractivity contribution in [2.75, 3.05) is 19.7 Å². The van der Waals surface area contributed by atoms with Gasteiger partial charge in [0.05, 0.1) is 5.54 Å². The van der Waals surface area contributed by atoms with Crippen LogP contribution in [0.2, 0.25) is 0 Å². The van der Waals surface area contributed by atoms with Crippen LogP contribution in [0.5, 0.6) is 0 Å².